The van der Waals surface area contributed by atoms with Gasteiger partial charge in [-0.25, -0.2) is 5.32 Å². The van der Waals surface area contributed by atoms with Crippen LogP contribution in [0.5, 0.6) is 0 Å². The van der Waals surface area contributed by atoms with E-state index >= 15 is 0 Å². The molecule has 246 valence electrons. The molecule has 1 unspecified atom stereocenters. The van der Waals surface area contributed by atoms with Crippen LogP contribution < -0.4 is 5.32 Å². The summed E-state index contributed by atoms with van der Waals surface area (Å²) in [5, 5.41) is 13.2. The first-order valence-corrected chi connectivity index (χ1v) is 18.0. The minimum Gasteiger partial charge on any atom is -0.229 e. The minimum absolute atomic E-state index is 0.0405. The monoisotopic (exact) mass is 666 g/mol. The lowest BCUT2D eigenvalue weighted by molar-refractivity contribution is -0.531. The largest absolute Gasteiger partial charge is 0.289 e. The molecule has 2 aliphatic carbocycles. The van der Waals surface area contributed by atoms with E-state index in [2.05, 4.69) is 169 Å². The van der Waals surface area contributed by atoms with Gasteiger partial charge in [-0.05, 0) is 104 Å². The third-order valence-corrected chi connectivity index (χ3v) is 11.7. The van der Waals surface area contributed by atoms with Crippen molar-refractivity contribution in [2.45, 2.75) is 30.8 Å². The van der Waals surface area contributed by atoms with Crippen LogP contribution in [0.2, 0.25) is 0 Å². The molecule has 1 atom stereocenters. The zero-order valence-corrected chi connectivity index (χ0v) is 29.1. The molecule has 0 aromatic heterocycles. The fraction of sp³-hybridized carbons (Fsp3) is 0.102. The van der Waals surface area contributed by atoms with Crippen molar-refractivity contribution in [3.63, 3.8) is 0 Å². The number of hydrogen-bond acceptors (Lipinski definition) is 2. The minimum atomic E-state index is -0.411. The highest BCUT2D eigenvalue weighted by Crippen LogP contribution is 2.63. The Balaban J connectivity index is 1.12. The summed E-state index contributed by atoms with van der Waals surface area (Å²) in [6.45, 7) is 4.74. The molecule has 0 amide bonds. The summed E-state index contributed by atoms with van der Waals surface area (Å²) in [4.78, 5) is 0. The normalized spacial score (nSPS) is 16.8. The molecule has 0 saturated carbocycles. The number of nitrogens with one attached hydrogen (secondary N) is 1. The summed E-state index contributed by atoms with van der Waals surface area (Å²) in [6, 6.07) is 63.8. The van der Waals surface area contributed by atoms with Crippen molar-refractivity contribution >= 4 is 11.5 Å². The quantitative estimate of drug-likeness (QED) is 0.190. The number of nitrogens with zero attached hydrogens (tertiary/aromatic N) is 2. The smallest absolute Gasteiger partial charge is 0.229 e. The predicted molar refractivity (Wildman–Crippen MR) is 209 cm³/mol. The first-order valence-electron chi connectivity index (χ1n) is 18.0. The predicted octanol–water partition coefficient (Wildman–Crippen LogP) is 10.6. The van der Waals surface area contributed by atoms with E-state index in [9.17, 15) is 5.26 Å². The lowest BCUT2D eigenvalue weighted by Gasteiger charge is -2.46. The van der Waals surface area contributed by atoms with Crippen LogP contribution >= 0.6 is 0 Å². The molecule has 7 aromatic rings. The molecule has 0 saturated heterocycles. The molecule has 0 fully saturated rings. The molecule has 3 aliphatic rings. The van der Waals surface area contributed by atoms with Crippen LogP contribution in [0, 0.1) is 11.3 Å². The van der Waals surface area contributed by atoms with Gasteiger partial charge in [-0.3, -0.25) is 0 Å². The van der Waals surface area contributed by atoms with Crippen LogP contribution in [0.4, 0.5) is 5.69 Å². The SMILES string of the molecule is CC1(C)c2ccccc2C2(c3ccccc3-c3c(-c4ccc(C5NC(c6ccccc6)=[N+]5c5ccc(C#N)cc5)cc4)cccc32)c2ccccc21. The molecule has 52 heavy (non-hydrogen) atoms. The van der Waals surface area contributed by atoms with Gasteiger partial charge in [-0.2, -0.15) is 9.84 Å². The highest BCUT2D eigenvalue weighted by molar-refractivity contribution is 5.98. The summed E-state index contributed by atoms with van der Waals surface area (Å²) < 4.78 is 2.32. The standard InChI is InChI=1S/C49H35N3/c1-48(2)40-18-8-10-20-42(40)49(43-21-11-9-19-41(43)48)39-17-7-6-15-38(39)45-37(16-12-22-44(45)49)33-25-27-35(28-26-33)47-51-46(34-13-4-3-5-14-34)52(47)36-29-23-32(31-50)24-30-36/h3-30,47H,1-2H3/p+1. The fourth-order valence-electron chi connectivity index (χ4n) is 9.35. The number of hydrogen-bond donors (Lipinski definition) is 1. The summed E-state index contributed by atoms with van der Waals surface area (Å²) in [7, 11) is 0. The van der Waals surface area contributed by atoms with Gasteiger partial charge in [0.2, 0.25) is 0 Å². The molecule has 10 rings (SSSR count). The number of nitriles is 1. The van der Waals surface area contributed by atoms with Gasteiger partial charge in [0.25, 0.3) is 12.0 Å². The van der Waals surface area contributed by atoms with Gasteiger partial charge in [-0.15, -0.1) is 0 Å². The Morgan fingerprint density at radius 1 is 0.519 bits per heavy atom. The highest BCUT2D eigenvalue weighted by atomic mass is 15.3. The van der Waals surface area contributed by atoms with Crippen LogP contribution in [0.1, 0.15) is 70.1 Å². The summed E-state index contributed by atoms with van der Waals surface area (Å²) in [5.41, 5.74) is 16.8. The van der Waals surface area contributed by atoms with E-state index < -0.39 is 5.41 Å². The molecule has 0 bridgehead atoms. The van der Waals surface area contributed by atoms with Crippen LogP contribution in [-0.4, -0.2) is 10.4 Å². The number of benzene rings is 7. The molecule has 1 aliphatic heterocycles. The second kappa shape index (κ2) is 11.3. The highest BCUT2D eigenvalue weighted by Gasteiger charge is 2.53. The van der Waals surface area contributed by atoms with E-state index in [0.717, 1.165) is 17.1 Å². The van der Waals surface area contributed by atoms with Gasteiger partial charge in [0.05, 0.1) is 22.6 Å². The van der Waals surface area contributed by atoms with Crippen molar-refractivity contribution in [1.82, 2.24) is 5.32 Å². The Morgan fingerprint density at radius 2 is 1.08 bits per heavy atom. The van der Waals surface area contributed by atoms with E-state index in [1.165, 1.54) is 61.2 Å². The number of fused-ring (bicyclic) bond motifs is 9. The van der Waals surface area contributed by atoms with Gasteiger partial charge in [0.15, 0.2) is 0 Å². The van der Waals surface area contributed by atoms with Crippen molar-refractivity contribution < 1.29 is 4.58 Å². The Bertz CT molecular complexity index is 2570. The average Bonchev–Trinajstić information content (AvgIpc) is 3.49. The van der Waals surface area contributed by atoms with Gasteiger partial charge in [0.1, 0.15) is 5.69 Å². The zero-order chi connectivity index (χ0) is 35.0. The lowest BCUT2D eigenvalue weighted by atomic mass is 9.55. The molecular formula is C49H36N3+. The second-order valence-electron chi connectivity index (χ2n) is 14.7. The van der Waals surface area contributed by atoms with Crippen LogP contribution in [0.25, 0.3) is 22.3 Å². The Kier molecular flexibility index (Phi) is 6.57. The number of rotatable bonds is 4. The molecular weight excluding hydrogens is 631 g/mol. The van der Waals surface area contributed by atoms with Crippen molar-refractivity contribution in [2.75, 3.05) is 0 Å². The maximum atomic E-state index is 9.43. The van der Waals surface area contributed by atoms with E-state index in [-0.39, 0.29) is 11.6 Å². The van der Waals surface area contributed by atoms with E-state index in [1.807, 2.05) is 30.3 Å². The molecule has 1 spiro atoms. The molecule has 1 N–H and O–H groups in total. The van der Waals surface area contributed by atoms with Crippen molar-refractivity contribution in [3.8, 4) is 28.3 Å². The lowest BCUT2D eigenvalue weighted by Crippen LogP contribution is -2.51. The summed E-state index contributed by atoms with van der Waals surface area (Å²) in [6.07, 6.45) is -0.0405. The van der Waals surface area contributed by atoms with Crippen molar-refractivity contribution in [2.24, 2.45) is 0 Å². The van der Waals surface area contributed by atoms with Crippen LogP contribution in [0.3, 0.4) is 0 Å². The Morgan fingerprint density at radius 3 is 1.73 bits per heavy atom. The summed E-state index contributed by atoms with van der Waals surface area (Å²) >= 11 is 0. The fourth-order valence-corrected chi connectivity index (χ4v) is 9.35. The molecule has 3 heteroatoms. The average molecular weight is 667 g/mol. The first-order chi connectivity index (χ1) is 25.5. The van der Waals surface area contributed by atoms with E-state index in [0.29, 0.717) is 5.56 Å². The van der Waals surface area contributed by atoms with E-state index in [1.54, 1.807) is 0 Å². The first kappa shape index (κ1) is 30.3. The summed E-state index contributed by atoms with van der Waals surface area (Å²) in [5.74, 6) is 1.05. The van der Waals surface area contributed by atoms with E-state index in [4.69, 9.17) is 0 Å². The molecule has 3 nitrogen and oxygen atoms in total. The van der Waals surface area contributed by atoms with Gasteiger partial charge in [-0.1, -0.05) is 135 Å². The molecule has 1 heterocycles. The van der Waals surface area contributed by atoms with Crippen molar-refractivity contribution in [1.29, 1.82) is 5.26 Å². The van der Waals surface area contributed by atoms with Gasteiger partial charge < -0.3 is 0 Å². The third-order valence-electron chi connectivity index (χ3n) is 11.7. The maximum absolute atomic E-state index is 9.43. The maximum Gasteiger partial charge on any atom is 0.289 e. The van der Waals surface area contributed by atoms with Crippen molar-refractivity contribution in [3.05, 3.63) is 220 Å². The third kappa shape index (κ3) is 4.10. The second-order valence-corrected chi connectivity index (χ2v) is 14.7. The van der Waals surface area contributed by atoms with Crippen LogP contribution in [0.15, 0.2) is 170 Å². The Hall–Kier alpha value is -6.50. The molecule has 0 radical (unpaired) electrons. The number of amidine groups is 1. The van der Waals surface area contributed by atoms with Crippen LogP contribution in [-0.2, 0) is 10.8 Å². The topological polar surface area (TPSA) is 38.8 Å². The Labute approximate surface area is 304 Å². The molecule has 7 aromatic carbocycles. The van der Waals surface area contributed by atoms with Gasteiger partial charge >= 0.3 is 0 Å². The zero-order valence-electron chi connectivity index (χ0n) is 29.1. The van der Waals surface area contributed by atoms with Gasteiger partial charge in [0, 0.05) is 11.0 Å².